The lowest BCUT2D eigenvalue weighted by Gasteiger charge is -2.07. The topological polar surface area (TPSA) is 22.1 Å². The summed E-state index contributed by atoms with van der Waals surface area (Å²) in [6.07, 6.45) is 1.71. The number of pyridine rings is 1. The Balaban J connectivity index is 2.28. The highest BCUT2D eigenvalue weighted by molar-refractivity contribution is 9.10. The number of hydrogen-bond acceptors (Lipinski definition) is 2. The van der Waals surface area contributed by atoms with Crippen LogP contribution in [0.5, 0.6) is 11.6 Å². The Morgan fingerprint density at radius 3 is 2.80 bits per heavy atom. The molecule has 0 aliphatic carbocycles. The van der Waals surface area contributed by atoms with Gasteiger partial charge >= 0.3 is 0 Å². The number of aryl methyl sites for hydroxylation is 1. The minimum Gasteiger partial charge on any atom is -0.439 e. The fraction of sp³-hybridized carbons (Fsp3) is 0.0833. The average Bonchev–Trinajstić information content (AvgIpc) is 2.25. The van der Waals surface area contributed by atoms with Crippen molar-refractivity contribution in [3.8, 4) is 11.6 Å². The predicted octanol–water partition coefficient (Wildman–Crippen LogP) is 3.94. The monoisotopic (exact) mass is 263 g/mol. The van der Waals surface area contributed by atoms with Crippen LogP contribution in [-0.4, -0.2) is 4.98 Å². The molecule has 0 atom stereocenters. The number of nitrogens with zero attached hydrogens (tertiary/aromatic N) is 1. The number of ether oxygens (including phenoxy) is 1. The molecule has 1 aromatic carbocycles. The fourth-order valence-electron chi connectivity index (χ4n) is 1.20. The van der Waals surface area contributed by atoms with E-state index in [2.05, 4.69) is 20.9 Å². The quantitative estimate of drug-likeness (QED) is 0.819. The average molecular weight is 264 g/mol. The maximum atomic E-state index is 5.65. The number of aromatic nitrogens is 1. The Labute approximate surface area is 97.1 Å². The maximum absolute atomic E-state index is 5.65. The Kier molecular flexibility index (Phi) is 3.02. The summed E-state index contributed by atoms with van der Waals surface area (Å²) in [6.45, 7) is 2.00. The molecule has 0 aliphatic heterocycles. The van der Waals surface area contributed by atoms with Crippen molar-refractivity contribution in [1.29, 1.82) is 0 Å². The third-order valence-corrected chi connectivity index (χ3v) is 2.50. The molecule has 2 aromatic rings. The lowest BCUT2D eigenvalue weighted by atomic mass is 10.2. The van der Waals surface area contributed by atoms with Crippen LogP contribution in [0.1, 0.15) is 5.56 Å². The first-order valence-corrected chi connectivity index (χ1v) is 5.40. The molecule has 2 nitrogen and oxygen atoms in total. The van der Waals surface area contributed by atoms with Crippen molar-refractivity contribution in [1.82, 2.24) is 4.98 Å². The molecule has 0 saturated heterocycles. The van der Waals surface area contributed by atoms with E-state index >= 15 is 0 Å². The van der Waals surface area contributed by atoms with Crippen LogP contribution in [0, 0.1) is 6.92 Å². The highest BCUT2D eigenvalue weighted by atomic mass is 79.9. The molecule has 0 radical (unpaired) electrons. The van der Waals surface area contributed by atoms with Crippen molar-refractivity contribution in [2.24, 2.45) is 0 Å². The van der Waals surface area contributed by atoms with Crippen LogP contribution in [0.2, 0.25) is 0 Å². The van der Waals surface area contributed by atoms with Gasteiger partial charge in [-0.05, 0) is 30.7 Å². The van der Waals surface area contributed by atoms with E-state index in [0.717, 1.165) is 15.8 Å². The SMILES string of the molecule is Cc1ccc(Br)cc1Oc1ccccn1. The zero-order valence-electron chi connectivity index (χ0n) is 8.27. The molecule has 0 unspecified atom stereocenters. The van der Waals surface area contributed by atoms with Crippen molar-refractivity contribution < 1.29 is 4.74 Å². The van der Waals surface area contributed by atoms with Gasteiger partial charge in [0.15, 0.2) is 0 Å². The van der Waals surface area contributed by atoms with Crippen LogP contribution < -0.4 is 4.74 Å². The molecule has 3 heteroatoms. The molecule has 76 valence electrons. The van der Waals surface area contributed by atoms with E-state index in [1.54, 1.807) is 6.20 Å². The van der Waals surface area contributed by atoms with Crippen molar-refractivity contribution in [3.05, 3.63) is 52.6 Å². The highest BCUT2D eigenvalue weighted by Gasteiger charge is 2.02. The van der Waals surface area contributed by atoms with E-state index in [-0.39, 0.29) is 0 Å². The van der Waals surface area contributed by atoms with E-state index in [9.17, 15) is 0 Å². The summed E-state index contributed by atoms with van der Waals surface area (Å²) in [5.74, 6) is 1.43. The molecule has 0 amide bonds. The van der Waals surface area contributed by atoms with Crippen LogP contribution in [0.4, 0.5) is 0 Å². The first-order valence-electron chi connectivity index (χ1n) is 4.61. The summed E-state index contributed by atoms with van der Waals surface area (Å²) >= 11 is 3.41. The number of halogens is 1. The van der Waals surface area contributed by atoms with Gasteiger partial charge in [0.1, 0.15) is 5.75 Å². The van der Waals surface area contributed by atoms with Gasteiger partial charge in [-0.15, -0.1) is 0 Å². The van der Waals surface area contributed by atoms with Gasteiger partial charge in [0.2, 0.25) is 5.88 Å². The Morgan fingerprint density at radius 2 is 2.07 bits per heavy atom. The van der Waals surface area contributed by atoms with Gasteiger partial charge in [-0.3, -0.25) is 0 Å². The Morgan fingerprint density at radius 1 is 1.20 bits per heavy atom. The Hall–Kier alpha value is -1.35. The number of rotatable bonds is 2. The first-order chi connectivity index (χ1) is 7.25. The van der Waals surface area contributed by atoms with Gasteiger partial charge in [0.25, 0.3) is 0 Å². The third kappa shape index (κ3) is 2.57. The summed E-state index contributed by atoms with van der Waals surface area (Å²) in [5.41, 5.74) is 1.09. The van der Waals surface area contributed by atoms with Crippen LogP contribution in [-0.2, 0) is 0 Å². The van der Waals surface area contributed by atoms with E-state index < -0.39 is 0 Å². The highest BCUT2D eigenvalue weighted by Crippen LogP contribution is 2.26. The second kappa shape index (κ2) is 4.45. The summed E-state index contributed by atoms with van der Waals surface area (Å²) in [5, 5.41) is 0. The number of hydrogen-bond donors (Lipinski definition) is 0. The lowest BCUT2D eigenvalue weighted by molar-refractivity contribution is 0.459. The van der Waals surface area contributed by atoms with Crippen LogP contribution >= 0.6 is 15.9 Å². The summed E-state index contributed by atoms with van der Waals surface area (Å²) in [7, 11) is 0. The molecule has 0 spiro atoms. The van der Waals surface area contributed by atoms with Gasteiger partial charge in [-0.1, -0.05) is 28.1 Å². The number of benzene rings is 1. The van der Waals surface area contributed by atoms with Crippen molar-refractivity contribution in [2.45, 2.75) is 6.92 Å². The third-order valence-electron chi connectivity index (χ3n) is 2.00. The minimum absolute atomic E-state index is 0.610. The predicted molar refractivity (Wildman–Crippen MR) is 63.2 cm³/mol. The molecule has 0 fully saturated rings. The summed E-state index contributed by atoms with van der Waals surface area (Å²) in [6, 6.07) is 11.5. The minimum atomic E-state index is 0.610. The molecule has 15 heavy (non-hydrogen) atoms. The zero-order valence-corrected chi connectivity index (χ0v) is 9.86. The van der Waals surface area contributed by atoms with Crippen LogP contribution in [0.3, 0.4) is 0 Å². The lowest BCUT2D eigenvalue weighted by Crippen LogP contribution is -1.89. The van der Waals surface area contributed by atoms with Crippen molar-refractivity contribution in [2.75, 3.05) is 0 Å². The van der Waals surface area contributed by atoms with Crippen LogP contribution in [0.25, 0.3) is 0 Å². The summed E-state index contributed by atoms with van der Waals surface area (Å²) in [4.78, 5) is 4.11. The molecule has 0 bridgehead atoms. The maximum Gasteiger partial charge on any atom is 0.219 e. The molecule has 1 aromatic heterocycles. The van der Waals surface area contributed by atoms with E-state index in [0.29, 0.717) is 5.88 Å². The van der Waals surface area contributed by atoms with E-state index in [1.807, 2.05) is 43.3 Å². The summed E-state index contributed by atoms with van der Waals surface area (Å²) < 4.78 is 6.65. The molecular weight excluding hydrogens is 254 g/mol. The van der Waals surface area contributed by atoms with Gasteiger partial charge in [0.05, 0.1) is 0 Å². The van der Waals surface area contributed by atoms with E-state index in [1.165, 1.54) is 0 Å². The van der Waals surface area contributed by atoms with Crippen molar-refractivity contribution >= 4 is 15.9 Å². The molecule has 1 heterocycles. The Bertz CT molecular complexity index is 456. The van der Waals surface area contributed by atoms with Gasteiger partial charge < -0.3 is 4.74 Å². The van der Waals surface area contributed by atoms with Gasteiger partial charge in [-0.2, -0.15) is 0 Å². The first kappa shape index (κ1) is 10.2. The second-order valence-electron chi connectivity index (χ2n) is 3.18. The fourth-order valence-corrected chi connectivity index (χ4v) is 1.54. The normalized spacial score (nSPS) is 10.0. The van der Waals surface area contributed by atoms with Gasteiger partial charge in [-0.25, -0.2) is 4.98 Å². The molecule has 2 rings (SSSR count). The molecular formula is C12H10BrNO. The standard InChI is InChI=1S/C12H10BrNO/c1-9-5-6-10(13)8-11(9)15-12-4-2-3-7-14-12/h2-8H,1H3. The molecule has 0 saturated carbocycles. The van der Waals surface area contributed by atoms with Crippen LogP contribution in [0.15, 0.2) is 47.1 Å². The molecule has 0 N–H and O–H groups in total. The molecule has 0 aliphatic rings. The zero-order chi connectivity index (χ0) is 10.7. The van der Waals surface area contributed by atoms with E-state index in [4.69, 9.17) is 4.74 Å². The van der Waals surface area contributed by atoms with Crippen molar-refractivity contribution in [3.63, 3.8) is 0 Å². The largest absolute Gasteiger partial charge is 0.439 e. The van der Waals surface area contributed by atoms with Gasteiger partial charge in [0, 0.05) is 16.7 Å². The second-order valence-corrected chi connectivity index (χ2v) is 4.10. The smallest absolute Gasteiger partial charge is 0.219 e.